The Bertz CT molecular complexity index is 401. The van der Waals surface area contributed by atoms with Gasteiger partial charge < -0.3 is 15.2 Å². The predicted molar refractivity (Wildman–Crippen MR) is 72.7 cm³/mol. The third kappa shape index (κ3) is 3.24. The van der Waals surface area contributed by atoms with Crippen LogP contribution in [-0.2, 0) is 4.74 Å². The van der Waals surface area contributed by atoms with Gasteiger partial charge in [-0.3, -0.25) is 0 Å². The molecule has 100 valence electrons. The molecule has 1 aliphatic rings. The molecular weight excluding hydrogens is 226 g/mol. The molecule has 1 aromatic carbocycles. The Kier molecular flexibility index (Phi) is 3.93. The number of rotatable bonds is 4. The topological polar surface area (TPSA) is 44.5 Å². The second-order valence-electron chi connectivity index (χ2n) is 5.68. The molecule has 0 spiro atoms. The van der Waals surface area contributed by atoms with Crippen LogP contribution in [0.1, 0.15) is 45.2 Å². The molecule has 1 fully saturated rings. The Balaban J connectivity index is 1.95. The molecule has 0 bridgehead atoms. The average molecular weight is 249 g/mol. The van der Waals surface area contributed by atoms with Gasteiger partial charge in [-0.25, -0.2) is 0 Å². The largest absolute Gasteiger partial charge is 0.491 e. The number of benzene rings is 1. The summed E-state index contributed by atoms with van der Waals surface area (Å²) < 4.78 is 11.8. The van der Waals surface area contributed by atoms with Crippen LogP contribution in [0, 0.1) is 0 Å². The summed E-state index contributed by atoms with van der Waals surface area (Å²) in [6.07, 6.45) is 2.35. The van der Waals surface area contributed by atoms with Crippen LogP contribution in [0.5, 0.6) is 5.75 Å². The highest BCUT2D eigenvalue weighted by Crippen LogP contribution is 2.30. The maximum atomic E-state index is 5.93. The van der Waals surface area contributed by atoms with Crippen LogP contribution in [-0.4, -0.2) is 18.3 Å². The lowest BCUT2D eigenvalue weighted by atomic mass is 10.1. The van der Waals surface area contributed by atoms with Gasteiger partial charge in [0.15, 0.2) is 0 Å². The summed E-state index contributed by atoms with van der Waals surface area (Å²) in [5, 5.41) is 0. The molecule has 1 aliphatic heterocycles. The number of para-hydroxylation sites is 1. The third-order valence-corrected chi connectivity index (χ3v) is 3.39. The number of hydrogen-bond acceptors (Lipinski definition) is 3. The first-order valence-corrected chi connectivity index (χ1v) is 6.63. The summed E-state index contributed by atoms with van der Waals surface area (Å²) in [6, 6.07) is 7.93. The van der Waals surface area contributed by atoms with E-state index in [1.54, 1.807) is 0 Å². The fourth-order valence-electron chi connectivity index (χ4n) is 2.37. The van der Waals surface area contributed by atoms with Crippen LogP contribution < -0.4 is 10.5 Å². The van der Waals surface area contributed by atoms with Gasteiger partial charge in [0.2, 0.25) is 0 Å². The van der Waals surface area contributed by atoms with Crippen molar-refractivity contribution in [3.05, 3.63) is 29.8 Å². The fraction of sp³-hybridized carbons (Fsp3) is 0.600. The molecule has 18 heavy (non-hydrogen) atoms. The normalized spacial score (nSPS) is 23.9. The zero-order chi connectivity index (χ0) is 13.2. The Hall–Kier alpha value is -1.06. The maximum absolute atomic E-state index is 5.93. The molecule has 0 aromatic heterocycles. The third-order valence-electron chi connectivity index (χ3n) is 3.39. The second-order valence-corrected chi connectivity index (χ2v) is 5.68. The van der Waals surface area contributed by atoms with Crippen LogP contribution in [0.4, 0.5) is 0 Å². The van der Waals surface area contributed by atoms with Crippen molar-refractivity contribution in [3.8, 4) is 5.75 Å². The van der Waals surface area contributed by atoms with Crippen molar-refractivity contribution in [2.75, 3.05) is 6.61 Å². The van der Waals surface area contributed by atoms with Crippen molar-refractivity contribution in [1.82, 2.24) is 0 Å². The second kappa shape index (κ2) is 5.29. The molecule has 0 aliphatic carbocycles. The average Bonchev–Trinajstić information content (AvgIpc) is 2.66. The molecule has 2 rings (SSSR count). The van der Waals surface area contributed by atoms with E-state index in [2.05, 4.69) is 13.8 Å². The number of ether oxygens (including phenoxy) is 2. The smallest absolute Gasteiger partial charge is 0.124 e. The molecule has 1 saturated heterocycles. The molecule has 2 N–H and O–H groups in total. The van der Waals surface area contributed by atoms with Crippen molar-refractivity contribution in [2.24, 2.45) is 5.73 Å². The van der Waals surface area contributed by atoms with Crippen LogP contribution in [0.15, 0.2) is 24.3 Å². The van der Waals surface area contributed by atoms with Gasteiger partial charge in [0.25, 0.3) is 0 Å². The minimum absolute atomic E-state index is 0.00525. The summed E-state index contributed by atoms with van der Waals surface area (Å²) in [7, 11) is 0. The highest BCUT2D eigenvalue weighted by Gasteiger charge is 2.32. The van der Waals surface area contributed by atoms with E-state index in [1.807, 2.05) is 31.2 Å². The fourth-order valence-corrected chi connectivity index (χ4v) is 2.37. The van der Waals surface area contributed by atoms with Crippen LogP contribution in [0.2, 0.25) is 0 Å². The summed E-state index contributed by atoms with van der Waals surface area (Å²) in [6.45, 7) is 6.83. The van der Waals surface area contributed by atoms with Crippen molar-refractivity contribution in [1.29, 1.82) is 0 Å². The number of nitrogens with two attached hydrogens (primary N) is 1. The monoisotopic (exact) mass is 249 g/mol. The first-order valence-electron chi connectivity index (χ1n) is 6.63. The maximum Gasteiger partial charge on any atom is 0.124 e. The quantitative estimate of drug-likeness (QED) is 0.892. The molecule has 1 aromatic rings. The van der Waals surface area contributed by atoms with E-state index in [9.17, 15) is 0 Å². The van der Waals surface area contributed by atoms with Gasteiger partial charge in [0, 0.05) is 11.6 Å². The molecule has 1 heterocycles. The Morgan fingerprint density at radius 3 is 2.78 bits per heavy atom. The molecule has 2 atom stereocenters. The van der Waals surface area contributed by atoms with Crippen LogP contribution in [0.25, 0.3) is 0 Å². The van der Waals surface area contributed by atoms with Gasteiger partial charge in [0.05, 0.1) is 11.7 Å². The molecule has 3 nitrogen and oxygen atoms in total. The first-order chi connectivity index (χ1) is 8.48. The molecule has 3 heteroatoms. The summed E-state index contributed by atoms with van der Waals surface area (Å²) in [5.74, 6) is 0.876. The summed E-state index contributed by atoms with van der Waals surface area (Å²) in [4.78, 5) is 0. The van der Waals surface area contributed by atoms with Gasteiger partial charge in [-0.15, -0.1) is 0 Å². The number of hydrogen-bond donors (Lipinski definition) is 1. The standard InChI is InChI=1S/C15H23NO2/c1-11(16)13-6-4-5-7-14(13)17-10-12-8-9-15(2,3)18-12/h4-7,11-12H,8-10,16H2,1-3H3/t11-,12?/m0/s1. The van der Waals surface area contributed by atoms with Gasteiger partial charge in [-0.05, 0) is 39.7 Å². The van der Waals surface area contributed by atoms with Crippen molar-refractivity contribution < 1.29 is 9.47 Å². The minimum Gasteiger partial charge on any atom is -0.491 e. The predicted octanol–water partition coefficient (Wildman–Crippen LogP) is 3.04. The summed E-state index contributed by atoms with van der Waals surface area (Å²) >= 11 is 0. The highest BCUT2D eigenvalue weighted by molar-refractivity contribution is 5.35. The molecule has 0 radical (unpaired) electrons. The Morgan fingerprint density at radius 1 is 1.44 bits per heavy atom. The first kappa shape index (κ1) is 13.4. The molecular formula is C15H23NO2. The van der Waals surface area contributed by atoms with Crippen molar-refractivity contribution in [2.45, 2.75) is 51.4 Å². The van der Waals surface area contributed by atoms with Crippen LogP contribution in [0.3, 0.4) is 0 Å². The zero-order valence-corrected chi connectivity index (χ0v) is 11.5. The Morgan fingerprint density at radius 2 is 2.17 bits per heavy atom. The zero-order valence-electron chi connectivity index (χ0n) is 11.5. The molecule has 1 unspecified atom stereocenters. The van der Waals surface area contributed by atoms with Crippen molar-refractivity contribution in [3.63, 3.8) is 0 Å². The Labute approximate surface area is 109 Å². The van der Waals surface area contributed by atoms with Gasteiger partial charge in [0.1, 0.15) is 12.4 Å². The lowest BCUT2D eigenvalue weighted by Crippen LogP contribution is -2.24. The minimum atomic E-state index is -0.0119. The SMILES string of the molecule is C[C@H](N)c1ccccc1OCC1CCC(C)(C)O1. The lowest BCUT2D eigenvalue weighted by molar-refractivity contribution is -0.0327. The van der Waals surface area contributed by atoms with E-state index in [0.29, 0.717) is 6.61 Å². The van der Waals surface area contributed by atoms with E-state index in [4.69, 9.17) is 15.2 Å². The van der Waals surface area contributed by atoms with Gasteiger partial charge in [-0.2, -0.15) is 0 Å². The van der Waals surface area contributed by atoms with E-state index in [-0.39, 0.29) is 17.7 Å². The van der Waals surface area contributed by atoms with Crippen LogP contribution >= 0.6 is 0 Å². The van der Waals surface area contributed by atoms with E-state index >= 15 is 0 Å². The van der Waals surface area contributed by atoms with Gasteiger partial charge >= 0.3 is 0 Å². The lowest BCUT2D eigenvalue weighted by Gasteiger charge is -2.20. The van der Waals surface area contributed by atoms with Gasteiger partial charge in [-0.1, -0.05) is 18.2 Å². The van der Waals surface area contributed by atoms with E-state index < -0.39 is 0 Å². The van der Waals surface area contributed by atoms with Crippen molar-refractivity contribution >= 4 is 0 Å². The highest BCUT2D eigenvalue weighted by atomic mass is 16.6. The van der Waals surface area contributed by atoms with E-state index in [0.717, 1.165) is 24.2 Å². The summed E-state index contributed by atoms with van der Waals surface area (Å²) in [5.41, 5.74) is 6.98. The molecule has 0 amide bonds. The molecule has 0 saturated carbocycles. The van der Waals surface area contributed by atoms with E-state index in [1.165, 1.54) is 0 Å².